The van der Waals surface area contributed by atoms with Crippen molar-refractivity contribution in [3.8, 4) is 5.69 Å². The van der Waals surface area contributed by atoms with Gasteiger partial charge in [-0.05, 0) is 38.0 Å². The van der Waals surface area contributed by atoms with E-state index in [2.05, 4.69) is 5.10 Å². The van der Waals surface area contributed by atoms with E-state index in [4.69, 9.17) is 0 Å². The molecule has 1 unspecified atom stereocenters. The largest absolute Gasteiger partial charge is 0.480 e. The van der Waals surface area contributed by atoms with Crippen LogP contribution in [0.5, 0.6) is 0 Å². The number of halogens is 1. The molecule has 1 aromatic carbocycles. The second-order valence-corrected chi connectivity index (χ2v) is 5.74. The highest BCUT2D eigenvalue weighted by molar-refractivity contribution is 5.96. The molecule has 23 heavy (non-hydrogen) atoms. The Labute approximate surface area is 132 Å². The van der Waals surface area contributed by atoms with E-state index in [0.29, 0.717) is 19.4 Å². The average Bonchev–Trinajstić information content (AvgIpc) is 3.15. The molecular formula is C16H16FN3O3. The van der Waals surface area contributed by atoms with Crippen molar-refractivity contribution < 1.29 is 19.1 Å². The summed E-state index contributed by atoms with van der Waals surface area (Å²) in [6, 6.07) is 7.56. The number of aromatic nitrogens is 2. The molecule has 7 heteroatoms. The van der Waals surface area contributed by atoms with Crippen LogP contribution in [0.15, 0.2) is 36.5 Å². The lowest BCUT2D eigenvalue weighted by Gasteiger charge is -2.30. The first-order valence-electron chi connectivity index (χ1n) is 7.29. The number of nitrogens with zero attached hydrogens (tertiary/aromatic N) is 3. The number of carboxylic acid groups (broad SMARTS) is 1. The third-order valence-corrected chi connectivity index (χ3v) is 4.25. The van der Waals surface area contributed by atoms with Crippen LogP contribution < -0.4 is 0 Å². The second kappa shape index (κ2) is 5.49. The highest BCUT2D eigenvalue weighted by Gasteiger charge is 2.46. The van der Waals surface area contributed by atoms with Gasteiger partial charge in [-0.1, -0.05) is 12.1 Å². The van der Waals surface area contributed by atoms with Crippen molar-refractivity contribution in [1.82, 2.24) is 14.7 Å². The zero-order valence-corrected chi connectivity index (χ0v) is 12.6. The number of hydrogen-bond acceptors (Lipinski definition) is 3. The van der Waals surface area contributed by atoms with Gasteiger partial charge < -0.3 is 10.0 Å². The zero-order valence-electron chi connectivity index (χ0n) is 12.6. The molecule has 0 aliphatic carbocycles. The molecule has 0 bridgehead atoms. The van der Waals surface area contributed by atoms with Gasteiger partial charge >= 0.3 is 5.97 Å². The van der Waals surface area contributed by atoms with Gasteiger partial charge in [0.15, 0.2) is 5.69 Å². The third kappa shape index (κ3) is 2.48. The molecular weight excluding hydrogens is 301 g/mol. The predicted octanol–water partition coefficient (Wildman–Crippen LogP) is 2.09. The van der Waals surface area contributed by atoms with Crippen molar-refractivity contribution in [3.05, 3.63) is 48.0 Å². The normalized spacial score (nSPS) is 20.7. The van der Waals surface area contributed by atoms with Crippen LogP contribution in [-0.4, -0.2) is 43.7 Å². The number of rotatable bonds is 3. The molecule has 2 heterocycles. The van der Waals surface area contributed by atoms with Crippen molar-refractivity contribution in [2.45, 2.75) is 25.3 Å². The third-order valence-electron chi connectivity index (χ3n) is 4.25. The fraction of sp³-hybridized carbons (Fsp3) is 0.312. The Morgan fingerprint density at radius 2 is 2.04 bits per heavy atom. The fourth-order valence-electron chi connectivity index (χ4n) is 2.86. The first-order valence-corrected chi connectivity index (χ1v) is 7.29. The van der Waals surface area contributed by atoms with Gasteiger partial charge in [0.05, 0.1) is 0 Å². The van der Waals surface area contributed by atoms with Crippen LogP contribution in [0.25, 0.3) is 5.69 Å². The Morgan fingerprint density at radius 1 is 1.30 bits per heavy atom. The Morgan fingerprint density at radius 3 is 2.74 bits per heavy atom. The van der Waals surface area contributed by atoms with Gasteiger partial charge in [0, 0.05) is 12.7 Å². The van der Waals surface area contributed by atoms with Crippen LogP contribution in [0.2, 0.25) is 0 Å². The van der Waals surface area contributed by atoms with E-state index >= 15 is 0 Å². The lowest BCUT2D eigenvalue weighted by atomic mass is 9.99. The minimum Gasteiger partial charge on any atom is -0.480 e. The summed E-state index contributed by atoms with van der Waals surface area (Å²) < 4.78 is 15.1. The Kier molecular flexibility index (Phi) is 3.63. The minimum atomic E-state index is -1.22. The quantitative estimate of drug-likeness (QED) is 0.940. The van der Waals surface area contributed by atoms with Gasteiger partial charge in [-0.2, -0.15) is 5.10 Å². The summed E-state index contributed by atoms with van der Waals surface area (Å²) in [6.45, 7) is 1.91. The molecule has 3 rings (SSSR count). The van der Waals surface area contributed by atoms with Crippen molar-refractivity contribution in [2.24, 2.45) is 0 Å². The number of aliphatic carboxylic acids is 1. The highest BCUT2D eigenvalue weighted by atomic mass is 19.1. The van der Waals surface area contributed by atoms with Gasteiger partial charge in [-0.15, -0.1) is 0 Å². The molecule has 0 saturated carbocycles. The smallest absolute Gasteiger partial charge is 0.329 e. The van der Waals surface area contributed by atoms with Gasteiger partial charge in [0.1, 0.15) is 17.0 Å². The van der Waals surface area contributed by atoms with Gasteiger partial charge in [0.2, 0.25) is 0 Å². The molecule has 1 aliphatic heterocycles. The van der Waals surface area contributed by atoms with E-state index in [1.165, 1.54) is 34.8 Å². The van der Waals surface area contributed by atoms with Crippen LogP contribution in [-0.2, 0) is 4.79 Å². The maximum Gasteiger partial charge on any atom is 0.329 e. The van der Waals surface area contributed by atoms with Gasteiger partial charge in [-0.25, -0.2) is 13.9 Å². The maximum atomic E-state index is 13.8. The molecule has 0 radical (unpaired) electrons. The summed E-state index contributed by atoms with van der Waals surface area (Å²) >= 11 is 0. The average molecular weight is 317 g/mol. The Balaban J connectivity index is 1.90. The number of amides is 1. The molecule has 1 amide bonds. The standard InChI is InChI=1S/C16H16FN3O3/c1-16(15(22)23)8-4-9-19(16)14(21)12-7-10-20(18-12)13-6-3-2-5-11(13)17/h2-3,5-7,10H,4,8-9H2,1H3,(H,22,23). The number of hydrogen-bond donors (Lipinski definition) is 1. The van der Waals surface area contributed by atoms with Crippen LogP contribution >= 0.6 is 0 Å². The predicted molar refractivity (Wildman–Crippen MR) is 79.8 cm³/mol. The van der Waals surface area contributed by atoms with Crippen molar-refractivity contribution in [2.75, 3.05) is 6.54 Å². The lowest BCUT2D eigenvalue weighted by Crippen LogP contribution is -2.50. The van der Waals surface area contributed by atoms with Crippen molar-refractivity contribution in [3.63, 3.8) is 0 Å². The zero-order chi connectivity index (χ0) is 16.6. The molecule has 6 nitrogen and oxygen atoms in total. The molecule has 0 spiro atoms. The molecule has 1 aromatic heterocycles. The number of carbonyl (C=O) groups excluding carboxylic acids is 1. The van der Waals surface area contributed by atoms with Crippen molar-refractivity contribution in [1.29, 1.82) is 0 Å². The number of benzene rings is 1. The summed E-state index contributed by atoms with van der Waals surface area (Å²) in [4.78, 5) is 25.4. The molecule has 2 aromatic rings. The molecule has 1 atom stereocenters. The Hall–Kier alpha value is -2.70. The molecule has 1 N–H and O–H groups in total. The van der Waals surface area contributed by atoms with Crippen molar-refractivity contribution >= 4 is 11.9 Å². The summed E-state index contributed by atoms with van der Waals surface area (Å²) in [5, 5.41) is 13.5. The first-order chi connectivity index (χ1) is 10.9. The van der Waals surface area contributed by atoms with E-state index in [1.54, 1.807) is 18.2 Å². The van der Waals surface area contributed by atoms with Crippen LogP contribution in [0.3, 0.4) is 0 Å². The van der Waals surface area contributed by atoms with Crippen LogP contribution in [0.1, 0.15) is 30.3 Å². The summed E-state index contributed by atoms with van der Waals surface area (Å²) in [7, 11) is 0. The lowest BCUT2D eigenvalue weighted by molar-refractivity contribution is -0.147. The fourth-order valence-corrected chi connectivity index (χ4v) is 2.86. The Bertz CT molecular complexity index is 773. The summed E-state index contributed by atoms with van der Waals surface area (Å²) in [5.74, 6) is -1.94. The van der Waals surface area contributed by atoms with E-state index in [0.717, 1.165) is 0 Å². The van der Waals surface area contributed by atoms with Gasteiger partial charge in [-0.3, -0.25) is 4.79 Å². The number of carbonyl (C=O) groups is 2. The van der Waals surface area contributed by atoms with Gasteiger partial charge in [0.25, 0.3) is 5.91 Å². The number of carboxylic acids is 1. The SMILES string of the molecule is CC1(C(=O)O)CCCN1C(=O)c1ccn(-c2ccccc2F)n1. The number of likely N-dealkylation sites (tertiary alicyclic amines) is 1. The monoisotopic (exact) mass is 317 g/mol. The van der Waals surface area contributed by atoms with E-state index < -0.39 is 23.2 Å². The first kappa shape index (κ1) is 15.2. The van der Waals surface area contributed by atoms with Crippen LogP contribution in [0, 0.1) is 5.82 Å². The topological polar surface area (TPSA) is 75.4 Å². The maximum absolute atomic E-state index is 13.8. The molecule has 120 valence electrons. The number of para-hydroxylation sites is 1. The highest BCUT2D eigenvalue weighted by Crippen LogP contribution is 2.30. The second-order valence-electron chi connectivity index (χ2n) is 5.74. The molecule has 1 aliphatic rings. The van der Waals surface area contributed by atoms with Crippen LogP contribution in [0.4, 0.5) is 4.39 Å². The minimum absolute atomic E-state index is 0.0997. The molecule has 1 saturated heterocycles. The van der Waals surface area contributed by atoms with E-state index in [-0.39, 0.29) is 11.4 Å². The summed E-state index contributed by atoms with van der Waals surface area (Å²) in [6.07, 6.45) is 2.52. The molecule has 1 fully saturated rings. The summed E-state index contributed by atoms with van der Waals surface area (Å²) in [5.41, 5.74) is -0.893. The van der Waals surface area contributed by atoms with E-state index in [9.17, 15) is 19.1 Å². The van der Waals surface area contributed by atoms with E-state index in [1.807, 2.05) is 0 Å².